The quantitative estimate of drug-likeness (QED) is 0.608. The number of halogens is 1. The summed E-state index contributed by atoms with van der Waals surface area (Å²) in [7, 11) is 0. The Labute approximate surface area is 77.9 Å². The Kier molecular flexibility index (Phi) is 3.62. The molecule has 0 aromatic carbocycles. The molecule has 0 fully saturated rings. The van der Waals surface area contributed by atoms with Gasteiger partial charge in [-0.3, -0.25) is 0 Å². The molecule has 0 unspecified atom stereocenters. The van der Waals surface area contributed by atoms with Crippen molar-refractivity contribution in [3.8, 4) is 0 Å². The lowest BCUT2D eigenvalue weighted by Gasteiger charge is -2.30. The molecule has 0 radical (unpaired) electrons. The molecule has 0 spiro atoms. The summed E-state index contributed by atoms with van der Waals surface area (Å²) < 4.78 is 1.17. The molecule has 0 rings (SSSR count). The fourth-order valence-electron chi connectivity index (χ4n) is 1.28. The summed E-state index contributed by atoms with van der Waals surface area (Å²) in [6, 6.07) is 0. The van der Waals surface area contributed by atoms with Gasteiger partial charge >= 0.3 is 0 Å². The second kappa shape index (κ2) is 3.39. The molecule has 0 amide bonds. The molecule has 0 saturated heterocycles. The molecule has 0 aliphatic carbocycles. The van der Waals surface area contributed by atoms with Crippen molar-refractivity contribution in [1.29, 1.82) is 0 Å². The maximum absolute atomic E-state index is 5.89. The average molecular weight is 255 g/mol. The highest BCUT2D eigenvalue weighted by Crippen LogP contribution is 2.28. The standard InChI is InChI=1S/C8H18IN/c1-7(2,6-9)5-8(3,4)10/h5-6,10H2,1-4H3. The molecule has 0 aliphatic heterocycles. The van der Waals surface area contributed by atoms with Gasteiger partial charge in [0.2, 0.25) is 0 Å². The first-order chi connectivity index (χ1) is 4.27. The Bertz CT molecular complexity index is 102. The number of nitrogens with two attached hydrogens (primary N) is 1. The van der Waals surface area contributed by atoms with Crippen molar-refractivity contribution in [3.05, 3.63) is 0 Å². The molecule has 0 aromatic rings. The third-order valence-corrected chi connectivity index (χ3v) is 3.36. The normalized spacial score (nSPS) is 13.8. The molecular formula is C8H18IN. The van der Waals surface area contributed by atoms with Gasteiger partial charge in [-0.1, -0.05) is 36.4 Å². The summed E-state index contributed by atoms with van der Waals surface area (Å²) >= 11 is 2.41. The molecular weight excluding hydrogens is 237 g/mol. The topological polar surface area (TPSA) is 26.0 Å². The van der Waals surface area contributed by atoms with Crippen LogP contribution in [0.4, 0.5) is 0 Å². The van der Waals surface area contributed by atoms with Gasteiger partial charge in [0.25, 0.3) is 0 Å². The Balaban J connectivity index is 3.89. The molecule has 0 saturated carbocycles. The van der Waals surface area contributed by atoms with Crippen LogP contribution in [0, 0.1) is 5.41 Å². The number of alkyl halides is 1. The van der Waals surface area contributed by atoms with E-state index >= 15 is 0 Å². The second-order valence-corrected chi connectivity index (χ2v) is 5.23. The predicted molar refractivity (Wildman–Crippen MR) is 55.6 cm³/mol. The summed E-state index contributed by atoms with van der Waals surface area (Å²) in [5.74, 6) is 0. The van der Waals surface area contributed by atoms with E-state index < -0.39 is 0 Å². The minimum absolute atomic E-state index is 0.0192. The van der Waals surface area contributed by atoms with E-state index in [1.165, 1.54) is 4.43 Å². The zero-order valence-electron chi connectivity index (χ0n) is 7.37. The van der Waals surface area contributed by atoms with Gasteiger partial charge in [-0.15, -0.1) is 0 Å². The highest BCUT2D eigenvalue weighted by atomic mass is 127. The summed E-state index contributed by atoms with van der Waals surface area (Å²) in [6.07, 6.45) is 1.09. The molecule has 10 heavy (non-hydrogen) atoms. The van der Waals surface area contributed by atoms with Crippen LogP contribution in [0.5, 0.6) is 0 Å². The van der Waals surface area contributed by atoms with E-state index in [9.17, 15) is 0 Å². The number of hydrogen-bond donors (Lipinski definition) is 1. The van der Waals surface area contributed by atoms with Crippen LogP contribution in [0.25, 0.3) is 0 Å². The molecule has 0 atom stereocenters. The lowest BCUT2D eigenvalue weighted by atomic mass is 9.82. The van der Waals surface area contributed by atoms with Crippen molar-refractivity contribution < 1.29 is 0 Å². The van der Waals surface area contributed by atoms with Gasteiger partial charge in [-0.05, 0) is 25.7 Å². The van der Waals surface area contributed by atoms with Crippen LogP contribution < -0.4 is 5.73 Å². The molecule has 1 nitrogen and oxygen atoms in total. The minimum atomic E-state index is -0.0192. The van der Waals surface area contributed by atoms with Gasteiger partial charge in [0.15, 0.2) is 0 Å². The molecule has 0 bridgehead atoms. The lowest BCUT2D eigenvalue weighted by molar-refractivity contribution is 0.297. The average Bonchev–Trinajstić information content (AvgIpc) is 1.60. The predicted octanol–water partition coefficient (Wildman–Crippen LogP) is 2.58. The van der Waals surface area contributed by atoms with Gasteiger partial charge in [-0.2, -0.15) is 0 Å². The molecule has 0 heterocycles. The first kappa shape index (κ1) is 10.7. The summed E-state index contributed by atoms with van der Waals surface area (Å²) in [5, 5.41) is 0. The van der Waals surface area contributed by atoms with E-state index in [1.54, 1.807) is 0 Å². The van der Waals surface area contributed by atoms with Gasteiger partial charge in [0, 0.05) is 9.97 Å². The smallest absolute Gasteiger partial charge is 0.0102 e. The zero-order chi connectivity index (χ0) is 8.41. The second-order valence-electron chi connectivity index (χ2n) is 4.46. The summed E-state index contributed by atoms with van der Waals surface area (Å²) in [4.78, 5) is 0. The first-order valence-corrected chi connectivity index (χ1v) is 5.14. The number of hydrogen-bond acceptors (Lipinski definition) is 1. The molecule has 0 aromatic heterocycles. The van der Waals surface area contributed by atoms with E-state index in [4.69, 9.17) is 5.73 Å². The fourth-order valence-corrected chi connectivity index (χ4v) is 1.55. The monoisotopic (exact) mass is 255 g/mol. The van der Waals surface area contributed by atoms with Crippen molar-refractivity contribution in [3.63, 3.8) is 0 Å². The van der Waals surface area contributed by atoms with Crippen molar-refractivity contribution in [2.24, 2.45) is 11.1 Å². The van der Waals surface area contributed by atoms with E-state index in [0.29, 0.717) is 5.41 Å². The van der Waals surface area contributed by atoms with Crippen molar-refractivity contribution in [2.45, 2.75) is 39.7 Å². The molecule has 2 N–H and O–H groups in total. The largest absolute Gasteiger partial charge is 0.326 e. The van der Waals surface area contributed by atoms with Crippen LogP contribution in [0.2, 0.25) is 0 Å². The SMILES string of the molecule is CC(C)(N)CC(C)(C)CI. The Hall–Kier alpha value is 0.690. The van der Waals surface area contributed by atoms with E-state index in [-0.39, 0.29) is 5.54 Å². The van der Waals surface area contributed by atoms with E-state index in [1.807, 2.05) is 0 Å². The summed E-state index contributed by atoms with van der Waals surface area (Å²) in [5.41, 5.74) is 6.26. The van der Waals surface area contributed by atoms with Crippen LogP contribution in [-0.4, -0.2) is 9.97 Å². The fraction of sp³-hybridized carbons (Fsp3) is 1.00. The molecule has 62 valence electrons. The van der Waals surface area contributed by atoms with Crippen LogP contribution in [-0.2, 0) is 0 Å². The minimum Gasteiger partial charge on any atom is -0.326 e. The number of rotatable bonds is 3. The van der Waals surface area contributed by atoms with E-state index in [0.717, 1.165) is 6.42 Å². The summed E-state index contributed by atoms with van der Waals surface area (Å²) in [6.45, 7) is 8.68. The molecule has 0 aliphatic rings. The zero-order valence-corrected chi connectivity index (χ0v) is 9.53. The maximum Gasteiger partial charge on any atom is 0.0102 e. The third kappa shape index (κ3) is 5.47. The van der Waals surface area contributed by atoms with Crippen LogP contribution in [0.3, 0.4) is 0 Å². The Morgan fingerprint density at radius 3 is 1.70 bits per heavy atom. The van der Waals surface area contributed by atoms with Crippen LogP contribution in [0.15, 0.2) is 0 Å². The highest BCUT2D eigenvalue weighted by Gasteiger charge is 2.24. The van der Waals surface area contributed by atoms with Crippen molar-refractivity contribution >= 4 is 22.6 Å². The molecule has 2 heteroatoms. The Morgan fingerprint density at radius 1 is 1.20 bits per heavy atom. The van der Waals surface area contributed by atoms with Gasteiger partial charge in [-0.25, -0.2) is 0 Å². The van der Waals surface area contributed by atoms with Crippen molar-refractivity contribution in [1.82, 2.24) is 0 Å². The van der Waals surface area contributed by atoms with Gasteiger partial charge in [0.05, 0.1) is 0 Å². The van der Waals surface area contributed by atoms with E-state index in [2.05, 4.69) is 50.3 Å². The highest BCUT2D eigenvalue weighted by molar-refractivity contribution is 14.1. The van der Waals surface area contributed by atoms with Gasteiger partial charge < -0.3 is 5.73 Å². The maximum atomic E-state index is 5.89. The first-order valence-electron chi connectivity index (χ1n) is 3.62. The van der Waals surface area contributed by atoms with Crippen LogP contribution in [0.1, 0.15) is 34.1 Å². The Morgan fingerprint density at radius 2 is 1.60 bits per heavy atom. The van der Waals surface area contributed by atoms with Gasteiger partial charge in [0.1, 0.15) is 0 Å². The van der Waals surface area contributed by atoms with Crippen molar-refractivity contribution in [2.75, 3.05) is 4.43 Å². The van der Waals surface area contributed by atoms with Crippen LogP contribution >= 0.6 is 22.6 Å². The lowest BCUT2D eigenvalue weighted by Crippen LogP contribution is -2.37. The third-order valence-electron chi connectivity index (χ3n) is 1.30.